The van der Waals surface area contributed by atoms with Crippen molar-refractivity contribution in [3.63, 3.8) is 0 Å². The van der Waals surface area contributed by atoms with Crippen molar-refractivity contribution in [1.82, 2.24) is 0 Å². The Morgan fingerprint density at radius 2 is 1.90 bits per heavy atom. The predicted octanol–water partition coefficient (Wildman–Crippen LogP) is 4.46. The van der Waals surface area contributed by atoms with Crippen LogP contribution in [0.15, 0.2) is 46.0 Å². The van der Waals surface area contributed by atoms with Crippen LogP contribution in [0.4, 0.5) is 5.69 Å². The molecule has 0 aromatic heterocycles. The summed E-state index contributed by atoms with van der Waals surface area (Å²) in [6.07, 6.45) is 0. The molecule has 0 radical (unpaired) electrons. The van der Waals surface area contributed by atoms with Crippen LogP contribution in [-0.2, 0) is 6.54 Å². The molecule has 0 unspecified atom stereocenters. The number of halogens is 3. The lowest BCUT2D eigenvalue weighted by Crippen LogP contribution is -2.13. The van der Waals surface area contributed by atoms with Crippen LogP contribution in [0, 0.1) is 0 Å². The average molecular weight is 389 g/mol. The van der Waals surface area contributed by atoms with Crippen LogP contribution in [0.25, 0.3) is 0 Å². The summed E-state index contributed by atoms with van der Waals surface area (Å²) in [7, 11) is 0. The first-order valence-corrected chi connectivity index (χ1v) is 7.51. The highest BCUT2D eigenvalue weighted by molar-refractivity contribution is 9.10. The molecule has 0 atom stereocenters. The minimum Gasteiger partial charge on any atom is -0.409 e. The van der Waals surface area contributed by atoms with Gasteiger partial charge < -0.3 is 16.3 Å². The number of hydrogen-bond donors (Lipinski definition) is 3. The predicted molar refractivity (Wildman–Crippen MR) is 90.4 cm³/mol. The van der Waals surface area contributed by atoms with Crippen LogP contribution in [0.5, 0.6) is 0 Å². The Hall–Kier alpha value is -1.43. The third-order valence-corrected chi connectivity index (χ3v) is 3.86. The summed E-state index contributed by atoms with van der Waals surface area (Å²) >= 11 is 15.6. The topological polar surface area (TPSA) is 70.6 Å². The molecule has 0 aliphatic carbocycles. The highest BCUT2D eigenvalue weighted by Gasteiger charge is 2.08. The second kappa shape index (κ2) is 7.02. The lowest BCUT2D eigenvalue weighted by molar-refractivity contribution is 0.318. The third kappa shape index (κ3) is 4.03. The number of benzene rings is 2. The molecule has 0 amide bonds. The van der Waals surface area contributed by atoms with E-state index in [4.69, 9.17) is 34.1 Å². The molecule has 0 saturated carbocycles. The second-order valence-corrected chi connectivity index (χ2v) is 6.01. The zero-order chi connectivity index (χ0) is 15.4. The van der Waals surface area contributed by atoms with Gasteiger partial charge in [-0.25, -0.2) is 0 Å². The summed E-state index contributed by atoms with van der Waals surface area (Å²) in [5.41, 5.74) is 7.83. The first kappa shape index (κ1) is 15.9. The Kier molecular flexibility index (Phi) is 5.33. The van der Waals surface area contributed by atoms with Gasteiger partial charge in [0.15, 0.2) is 5.84 Å². The highest BCUT2D eigenvalue weighted by atomic mass is 79.9. The van der Waals surface area contributed by atoms with Crippen molar-refractivity contribution in [2.24, 2.45) is 10.9 Å². The van der Waals surface area contributed by atoms with Crippen LogP contribution in [0.2, 0.25) is 10.0 Å². The largest absolute Gasteiger partial charge is 0.409 e. The fraction of sp³-hybridized carbons (Fsp3) is 0.0714. The number of nitrogens with two attached hydrogens (primary N) is 1. The van der Waals surface area contributed by atoms with E-state index in [0.717, 1.165) is 10.0 Å². The zero-order valence-electron chi connectivity index (χ0n) is 10.8. The number of nitrogens with zero attached hydrogens (tertiary/aromatic N) is 1. The minimum atomic E-state index is 0.0663. The third-order valence-electron chi connectivity index (χ3n) is 2.81. The van der Waals surface area contributed by atoms with E-state index in [1.165, 1.54) is 0 Å². The molecule has 7 heteroatoms. The summed E-state index contributed by atoms with van der Waals surface area (Å²) in [5, 5.41) is 15.9. The normalized spacial score (nSPS) is 11.5. The van der Waals surface area contributed by atoms with E-state index in [9.17, 15) is 0 Å². The molecule has 0 fully saturated rings. The number of hydrogen-bond acceptors (Lipinski definition) is 3. The van der Waals surface area contributed by atoms with Gasteiger partial charge >= 0.3 is 0 Å². The molecule has 0 saturated heterocycles. The monoisotopic (exact) mass is 387 g/mol. The molecule has 110 valence electrons. The van der Waals surface area contributed by atoms with Gasteiger partial charge in [-0.15, -0.1) is 0 Å². The number of anilines is 1. The van der Waals surface area contributed by atoms with E-state index in [1.807, 2.05) is 18.2 Å². The van der Waals surface area contributed by atoms with Gasteiger partial charge in [-0.05, 0) is 23.8 Å². The molecule has 21 heavy (non-hydrogen) atoms. The quantitative estimate of drug-likeness (QED) is 0.313. The van der Waals surface area contributed by atoms with Gasteiger partial charge in [-0.1, -0.05) is 62.5 Å². The van der Waals surface area contributed by atoms with Crippen LogP contribution in [-0.4, -0.2) is 11.0 Å². The number of rotatable bonds is 4. The van der Waals surface area contributed by atoms with Crippen molar-refractivity contribution in [3.8, 4) is 0 Å². The first-order chi connectivity index (χ1) is 10.0. The summed E-state index contributed by atoms with van der Waals surface area (Å²) in [6.45, 7) is 0.508. The molecule has 2 rings (SSSR count). The van der Waals surface area contributed by atoms with Gasteiger partial charge in [-0.2, -0.15) is 0 Å². The lowest BCUT2D eigenvalue weighted by Gasteiger charge is -2.11. The van der Waals surface area contributed by atoms with Crippen molar-refractivity contribution in [1.29, 1.82) is 0 Å². The zero-order valence-corrected chi connectivity index (χ0v) is 13.9. The number of nitrogens with one attached hydrogen (secondary N) is 1. The molecule has 0 spiro atoms. The SMILES string of the molecule is NC(=NO)c1cccc(CNc2c(Cl)cc(Br)cc2Cl)c1. The second-order valence-electron chi connectivity index (χ2n) is 4.28. The summed E-state index contributed by atoms with van der Waals surface area (Å²) in [6, 6.07) is 10.9. The van der Waals surface area contributed by atoms with Crippen LogP contribution in [0.1, 0.15) is 11.1 Å². The van der Waals surface area contributed by atoms with E-state index < -0.39 is 0 Å². The van der Waals surface area contributed by atoms with E-state index in [-0.39, 0.29) is 5.84 Å². The van der Waals surface area contributed by atoms with Crippen LogP contribution in [0.3, 0.4) is 0 Å². The van der Waals surface area contributed by atoms with Gasteiger partial charge in [0, 0.05) is 16.6 Å². The standard InChI is InChI=1S/C14H12BrCl2N3O/c15-10-5-11(16)13(12(17)6-10)19-7-8-2-1-3-9(4-8)14(18)20-21/h1-6,19,21H,7H2,(H2,18,20). The number of amidine groups is 1. The maximum absolute atomic E-state index is 8.69. The average Bonchev–Trinajstić information content (AvgIpc) is 2.45. The number of oxime groups is 1. The highest BCUT2D eigenvalue weighted by Crippen LogP contribution is 2.34. The van der Waals surface area contributed by atoms with Gasteiger partial charge in [0.2, 0.25) is 0 Å². The van der Waals surface area contributed by atoms with Crippen molar-refractivity contribution >= 4 is 50.7 Å². The summed E-state index contributed by atoms with van der Waals surface area (Å²) < 4.78 is 0.817. The maximum atomic E-state index is 8.69. The molecular weight excluding hydrogens is 377 g/mol. The van der Waals surface area contributed by atoms with Gasteiger partial charge in [-0.3, -0.25) is 0 Å². The fourth-order valence-electron chi connectivity index (χ4n) is 1.80. The van der Waals surface area contributed by atoms with Crippen molar-refractivity contribution in [2.75, 3.05) is 5.32 Å². The van der Waals surface area contributed by atoms with E-state index >= 15 is 0 Å². The van der Waals surface area contributed by atoms with E-state index in [0.29, 0.717) is 27.8 Å². The Bertz CT molecular complexity index is 669. The van der Waals surface area contributed by atoms with Gasteiger partial charge in [0.25, 0.3) is 0 Å². The maximum Gasteiger partial charge on any atom is 0.170 e. The molecule has 4 N–H and O–H groups in total. The summed E-state index contributed by atoms with van der Waals surface area (Å²) in [4.78, 5) is 0. The molecule has 4 nitrogen and oxygen atoms in total. The minimum absolute atomic E-state index is 0.0663. The first-order valence-electron chi connectivity index (χ1n) is 5.96. The summed E-state index contributed by atoms with van der Waals surface area (Å²) in [5.74, 6) is 0.0663. The van der Waals surface area contributed by atoms with Crippen LogP contribution < -0.4 is 11.1 Å². The smallest absolute Gasteiger partial charge is 0.170 e. The Balaban J connectivity index is 2.17. The Labute approximate surface area is 140 Å². The van der Waals surface area contributed by atoms with Crippen molar-refractivity contribution in [2.45, 2.75) is 6.54 Å². The van der Waals surface area contributed by atoms with Crippen molar-refractivity contribution < 1.29 is 5.21 Å². The lowest BCUT2D eigenvalue weighted by atomic mass is 10.1. The van der Waals surface area contributed by atoms with Crippen molar-refractivity contribution in [3.05, 3.63) is 62.0 Å². The van der Waals surface area contributed by atoms with Gasteiger partial charge in [0.1, 0.15) is 0 Å². The fourth-order valence-corrected chi connectivity index (χ4v) is 3.14. The molecule has 0 aliphatic rings. The van der Waals surface area contributed by atoms with E-state index in [1.54, 1.807) is 18.2 Å². The molecule has 0 bridgehead atoms. The molecule has 0 aliphatic heterocycles. The Morgan fingerprint density at radius 1 is 1.24 bits per heavy atom. The van der Waals surface area contributed by atoms with Crippen LogP contribution >= 0.6 is 39.1 Å². The Morgan fingerprint density at radius 3 is 2.52 bits per heavy atom. The molecular formula is C14H12BrCl2N3O. The molecule has 0 heterocycles. The molecule has 2 aromatic carbocycles. The molecule has 2 aromatic rings. The van der Waals surface area contributed by atoms with E-state index in [2.05, 4.69) is 26.4 Å². The van der Waals surface area contributed by atoms with Gasteiger partial charge in [0.05, 0.1) is 15.7 Å².